The average molecular weight is 268 g/mol. The first-order valence-corrected chi connectivity index (χ1v) is 6.51. The van der Waals surface area contributed by atoms with Crippen molar-refractivity contribution in [1.82, 2.24) is 9.55 Å². The van der Waals surface area contributed by atoms with E-state index in [4.69, 9.17) is 0 Å². The first-order chi connectivity index (χ1) is 9.68. The first kappa shape index (κ1) is 12.8. The van der Waals surface area contributed by atoms with Crippen molar-refractivity contribution in [2.75, 3.05) is 0 Å². The van der Waals surface area contributed by atoms with Gasteiger partial charge in [0.05, 0.1) is 11.0 Å². The number of aliphatic hydroxyl groups is 2. The fourth-order valence-corrected chi connectivity index (χ4v) is 2.40. The Morgan fingerprint density at radius 1 is 0.900 bits per heavy atom. The van der Waals surface area contributed by atoms with E-state index < -0.39 is 12.2 Å². The normalized spacial score (nSPS) is 14.3. The van der Waals surface area contributed by atoms with E-state index in [-0.39, 0.29) is 0 Å². The van der Waals surface area contributed by atoms with Crippen LogP contribution in [0.2, 0.25) is 0 Å². The number of rotatable bonds is 3. The highest BCUT2D eigenvalue weighted by Crippen LogP contribution is 2.29. The number of hydrogen-bond donors (Lipinski definition) is 2. The maximum absolute atomic E-state index is 10.4. The summed E-state index contributed by atoms with van der Waals surface area (Å²) in [7, 11) is 1.84. The number of imidazole rings is 1. The van der Waals surface area contributed by atoms with Crippen LogP contribution in [0.25, 0.3) is 11.0 Å². The molecule has 0 amide bonds. The fraction of sp³-hybridized carbons (Fsp3) is 0.188. The average Bonchev–Trinajstić information content (AvgIpc) is 2.84. The predicted octanol–water partition coefficient (Wildman–Crippen LogP) is 2.34. The summed E-state index contributed by atoms with van der Waals surface area (Å²) in [6, 6.07) is 16.8. The number of fused-ring (bicyclic) bond motifs is 1. The van der Waals surface area contributed by atoms with Gasteiger partial charge in [-0.05, 0) is 17.7 Å². The van der Waals surface area contributed by atoms with E-state index in [0.717, 1.165) is 11.0 Å². The summed E-state index contributed by atoms with van der Waals surface area (Å²) >= 11 is 0. The van der Waals surface area contributed by atoms with Crippen LogP contribution >= 0.6 is 0 Å². The molecule has 0 aliphatic carbocycles. The molecule has 102 valence electrons. The van der Waals surface area contributed by atoms with Gasteiger partial charge in [-0.15, -0.1) is 0 Å². The van der Waals surface area contributed by atoms with Gasteiger partial charge >= 0.3 is 0 Å². The molecule has 1 aromatic heterocycles. The molecule has 0 aliphatic rings. The summed E-state index contributed by atoms with van der Waals surface area (Å²) in [6.45, 7) is 0. The van der Waals surface area contributed by atoms with Crippen molar-refractivity contribution in [2.24, 2.45) is 7.05 Å². The zero-order valence-electron chi connectivity index (χ0n) is 11.1. The number of aryl methyl sites for hydroxylation is 1. The molecule has 0 radical (unpaired) electrons. The van der Waals surface area contributed by atoms with Crippen LogP contribution in [0.3, 0.4) is 0 Å². The molecule has 0 bridgehead atoms. The van der Waals surface area contributed by atoms with Crippen LogP contribution in [-0.4, -0.2) is 19.8 Å². The Morgan fingerprint density at radius 2 is 1.55 bits per heavy atom. The molecule has 4 nitrogen and oxygen atoms in total. The molecule has 4 heteroatoms. The quantitative estimate of drug-likeness (QED) is 0.766. The van der Waals surface area contributed by atoms with Crippen molar-refractivity contribution < 1.29 is 10.2 Å². The second kappa shape index (κ2) is 5.07. The Kier molecular flexibility index (Phi) is 3.26. The second-order valence-electron chi connectivity index (χ2n) is 4.82. The van der Waals surface area contributed by atoms with Crippen LogP contribution in [0.4, 0.5) is 0 Å². The molecule has 2 aromatic carbocycles. The van der Waals surface area contributed by atoms with Crippen molar-refractivity contribution in [2.45, 2.75) is 12.2 Å². The zero-order chi connectivity index (χ0) is 14.1. The number of hydrogen-bond acceptors (Lipinski definition) is 3. The summed E-state index contributed by atoms with van der Waals surface area (Å²) in [6.07, 6.45) is -2.05. The minimum atomic E-state index is -1.06. The van der Waals surface area contributed by atoms with Crippen LogP contribution in [-0.2, 0) is 7.05 Å². The number of nitrogens with zero attached hydrogens (tertiary/aromatic N) is 2. The molecule has 0 fully saturated rings. The smallest absolute Gasteiger partial charge is 0.142 e. The molecule has 0 unspecified atom stereocenters. The number of aliphatic hydroxyl groups excluding tert-OH is 2. The molecule has 0 saturated heterocycles. The molecule has 1 heterocycles. The number of benzene rings is 2. The number of aromatic nitrogens is 2. The second-order valence-corrected chi connectivity index (χ2v) is 4.82. The monoisotopic (exact) mass is 268 g/mol. The van der Waals surface area contributed by atoms with E-state index in [2.05, 4.69) is 4.98 Å². The fourth-order valence-electron chi connectivity index (χ4n) is 2.40. The maximum atomic E-state index is 10.4. The Morgan fingerprint density at radius 3 is 2.25 bits per heavy atom. The topological polar surface area (TPSA) is 58.3 Å². The van der Waals surface area contributed by atoms with E-state index in [1.807, 2.05) is 54.1 Å². The van der Waals surface area contributed by atoms with Gasteiger partial charge in [-0.3, -0.25) is 0 Å². The minimum absolute atomic E-state index is 0.461. The van der Waals surface area contributed by atoms with Crippen LogP contribution in [0.15, 0.2) is 54.6 Å². The lowest BCUT2D eigenvalue weighted by atomic mass is 10.0. The summed E-state index contributed by atoms with van der Waals surface area (Å²) in [5.41, 5.74) is 2.41. The van der Waals surface area contributed by atoms with Gasteiger partial charge < -0.3 is 14.8 Å². The molecule has 3 aromatic rings. The third-order valence-electron chi connectivity index (χ3n) is 3.53. The minimum Gasteiger partial charge on any atom is -0.385 e. The molecular weight excluding hydrogens is 252 g/mol. The molecule has 2 atom stereocenters. The first-order valence-electron chi connectivity index (χ1n) is 6.51. The summed E-state index contributed by atoms with van der Waals surface area (Å²) < 4.78 is 1.81. The van der Waals surface area contributed by atoms with E-state index >= 15 is 0 Å². The molecule has 0 spiro atoms. The van der Waals surface area contributed by atoms with Gasteiger partial charge in [-0.2, -0.15) is 0 Å². The van der Waals surface area contributed by atoms with Crippen LogP contribution < -0.4 is 0 Å². The van der Waals surface area contributed by atoms with Gasteiger partial charge in [0.15, 0.2) is 0 Å². The molecular formula is C16H16N2O2. The lowest BCUT2D eigenvalue weighted by Crippen LogP contribution is -2.14. The van der Waals surface area contributed by atoms with Crippen molar-refractivity contribution in [3.63, 3.8) is 0 Å². The van der Waals surface area contributed by atoms with Gasteiger partial charge in [-0.1, -0.05) is 42.5 Å². The van der Waals surface area contributed by atoms with Gasteiger partial charge in [0.1, 0.15) is 18.0 Å². The summed E-state index contributed by atoms with van der Waals surface area (Å²) in [5, 5.41) is 20.7. The highest BCUT2D eigenvalue weighted by Gasteiger charge is 2.24. The Balaban J connectivity index is 2.00. The molecule has 0 aliphatic heterocycles. The SMILES string of the molecule is Cn1c([C@@H](O)[C@@H](O)c2ccccc2)nc2ccccc21. The molecule has 2 N–H and O–H groups in total. The highest BCUT2D eigenvalue weighted by molar-refractivity contribution is 5.75. The van der Waals surface area contributed by atoms with E-state index in [0.29, 0.717) is 11.4 Å². The third kappa shape index (κ3) is 2.09. The maximum Gasteiger partial charge on any atom is 0.142 e. The van der Waals surface area contributed by atoms with Gasteiger partial charge in [0, 0.05) is 7.05 Å². The molecule has 3 rings (SSSR count). The van der Waals surface area contributed by atoms with Crippen LogP contribution in [0.1, 0.15) is 23.6 Å². The van der Waals surface area contributed by atoms with Crippen molar-refractivity contribution >= 4 is 11.0 Å². The largest absolute Gasteiger partial charge is 0.385 e. The number of para-hydroxylation sites is 2. The molecule has 0 saturated carbocycles. The Hall–Kier alpha value is -2.17. The zero-order valence-corrected chi connectivity index (χ0v) is 11.1. The predicted molar refractivity (Wildman–Crippen MR) is 77.1 cm³/mol. The highest BCUT2D eigenvalue weighted by atomic mass is 16.3. The lowest BCUT2D eigenvalue weighted by molar-refractivity contribution is 0.0105. The summed E-state index contributed by atoms with van der Waals surface area (Å²) in [5.74, 6) is 0.461. The molecule has 20 heavy (non-hydrogen) atoms. The van der Waals surface area contributed by atoms with Gasteiger partial charge in [0.2, 0.25) is 0 Å². The third-order valence-corrected chi connectivity index (χ3v) is 3.53. The van der Waals surface area contributed by atoms with Crippen LogP contribution in [0.5, 0.6) is 0 Å². The van der Waals surface area contributed by atoms with E-state index in [1.165, 1.54) is 0 Å². The summed E-state index contributed by atoms with van der Waals surface area (Å²) in [4.78, 5) is 4.41. The van der Waals surface area contributed by atoms with Gasteiger partial charge in [0.25, 0.3) is 0 Å². The van der Waals surface area contributed by atoms with Crippen LogP contribution in [0, 0.1) is 0 Å². The van der Waals surface area contributed by atoms with E-state index in [1.54, 1.807) is 12.1 Å². The van der Waals surface area contributed by atoms with Crippen molar-refractivity contribution in [3.05, 3.63) is 66.0 Å². The van der Waals surface area contributed by atoms with Crippen molar-refractivity contribution in [3.8, 4) is 0 Å². The standard InChI is InChI=1S/C16H16N2O2/c1-18-13-10-6-5-9-12(13)17-16(18)15(20)14(19)11-7-3-2-4-8-11/h2-10,14-15,19-20H,1H3/t14-,15-/m0/s1. The lowest BCUT2D eigenvalue weighted by Gasteiger charge is -2.17. The van der Waals surface area contributed by atoms with Crippen molar-refractivity contribution in [1.29, 1.82) is 0 Å². The Labute approximate surface area is 116 Å². The van der Waals surface area contributed by atoms with Gasteiger partial charge in [-0.25, -0.2) is 4.98 Å². The Bertz CT molecular complexity index is 722. The van der Waals surface area contributed by atoms with E-state index in [9.17, 15) is 10.2 Å².